The number of hydrogen-bond acceptors (Lipinski definition) is 4. The Hall–Kier alpha value is -1.83. The topological polar surface area (TPSA) is 117 Å². The molecule has 0 aromatic heterocycles. The minimum Gasteiger partial charge on any atom is -0.481 e. The fourth-order valence-corrected chi connectivity index (χ4v) is 1.91. The van der Waals surface area contributed by atoms with Crippen LogP contribution in [0.1, 0.15) is 25.7 Å². The molecule has 1 aliphatic rings. The zero-order valence-electron chi connectivity index (χ0n) is 12.2. The number of methoxy groups -OCH3 is 1. The van der Waals surface area contributed by atoms with Crippen molar-refractivity contribution in [3.63, 3.8) is 0 Å². The Kier molecular flexibility index (Phi) is 7.52. The first-order chi connectivity index (χ1) is 10.0. The number of ether oxygens (including phenoxy) is 1. The maximum absolute atomic E-state index is 11.6. The molecule has 1 fully saturated rings. The summed E-state index contributed by atoms with van der Waals surface area (Å²) in [5.74, 6) is -0.842. The molecule has 1 unspecified atom stereocenters. The summed E-state index contributed by atoms with van der Waals surface area (Å²) in [6.07, 6.45) is 1.99. The Morgan fingerprint density at radius 1 is 1.24 bits per heavy atom. The largest absolute Gasteiger partial charge is 0.481 e. The lowest BCUT2D eigenvalue weighted by atomic mass is 10.1. The van der Waals surface area contributed by atoms with Gasteiger partial charge in [-0.25, -0.2) is 4.79 Å². The van der Waals surface area contributed by atoms with Crippen LogP contribution in [0.15, 0.2) is 0 Å². The molecular formula is C13H23N3O5. The zero-order chi connectivity index (χ0) is 15.7. The molecule has 8 heteroatoms. The highest BCUT2D eigenvalue weighted by Gasteiger charge is 2.33. The molecule has 4 N–H and O–H groups in total. The summed E-state index contributed by atoms with van der Waals surface area (Å²) in [7, 11) is 1.55. The average molecular weight is 301 g/mol. The van der Waals surface area contributed by atoms with Crippen LogP contribution in [-0.2, 0) is 14.3 Å². The number of urea groups is 1. The summed E-state index contributed by atoms with van der Waals surface area (Å²) in [5.41, 5.74) is 0. The molecule has 1 aliphatic carbocycles. The first-order valence-corrected chi connectivity index (χ1v) is 7.04. The van der Waals surface area contributed by atoms with Crippen LogP contribution >= 0.6 is 0 Å². The highest BCUT2D eigenvalue weighted by atomic mass is 16.5. The predicted molar refractivity (Wildman–Crippen MR) is 74.8 cm³/mol. The van der Waals surface area contributed by atoms with E-state index in [0.29, 0.717) is 13.2 Å². The Balaban J connectivity index is 2.14. The van der Waals surface area contributed by atoms with E-state index >= 15 is 0 Å². The second-order valence-corrected chi connectivity index (χ2v) is 5.03. The summed E-state index contributed by atoms with van der Waals surface area (Å²) < 4.78 is 4.80. The van der Waals surface area contributed by atoms with Crippen LogP contribution in [-0.4, -0.2) is 55.9 Å². The van der Waals surface area contributed by atoms with Crippen molar-refractivity contribution in [2.45, 2.75) is 31.7 Å². The Labute approximate surface area is 123 Å². The van der Waals surface area contributed by atoms with Crippen LogP contribution in [0.4, 0.5) is 4.79 Å². The van der Waals surface area contributed by atoms with Crippen molar-refractivity contribution < 1.29 is 24.2 Å². The predicted octanol–water partition coefficient (Wildman–Crippen LogP) is -0.308. The van der Waals surface area contributed by atoms with E-state index in [4.69, 9.17) is 9.84 Å². The number of carboxylic acids is 1. The van der Waals surface area contributed by atoms with Crippen LogP contribution in [0.3, 0.4) is 0 Å². The Morgan fingerprint density at radius 2 is 1.95 bits per heavy atom. The third kappa shape index (κ3) is 8.13. The third-order valence-corrected chi connectivity index (χ3v) is 3.17. The summed E-state index contributed by atoms with van der Waals surface area (Å²) in [6.45, 7) is 1.08. The van der Waals surface area contributed by atoms with Gasteiger partial charge in [0.25, 0.3) is 0 Å². The minimum absolute atomic E-state index is 0.0738. The molecule has 0 heterocycles. The van der Waals surface area contributed by atoms with Crippen LogP contribution in [0.2, 0.25) is 0 Å². The fourth-order valence-electron chi connectivity index (χ4n) is 1.91. The zero-order valence-corrected chi connectivity index (χ0v) is 12.2. The molecule has 21 heavy (non-hydrogen) atoms. The molecule has 0 aromatic carbocycles. The van der Waals surface area contributed by atoms with Crippen LogP contribution < -0.4 is 16.0 Å². The van der Waals surface area contributed by atoms with Crippen molar-refractivity contribution in [2.24, 2.45) is 5.92 Å². The first kappa shape index (κ1) is 17.2. The molecule has 1 atom stereocenters. The summed E-state index contributed by atoms with van der Waals surface area (Å²) in [4.78, 5) is 33.7. The van der Waals surface area contributed by atoms with Crippen molar-refractivity contribution in [3.05, 3.63) is 0 Å². The number of carbonyl (C=O) groups is 3. The number of carbonyl (C=O) groups excluding carboxylic acids is 2. The molecule has 120 valence electrons. The van der Waals surface area contributed by atoms with Gasteiger partial charge in [0.05, 0.1) is 13.0 Å². The van der Waals surface area contributed by atoms with Gasteiger partial charge >= 0.3 is 12.0 Å². The van der Waals surface area contributed by atoms with E-state index in [-0.39, 0.29) is 37.3 Å². The molecule has 1 rings (SSSR count). The number of carboxylic acid groups (broad SMARTS) is 1. The number of aliphatic carboxylic acids is 1. The molecule has 1 saturated carbocycles. The van der Waals surface area contributed by atoms with E-state index in [2.05, 4.69) is 16.0 Å². The quantitative estimate of drug-likeness (QED) is 0.413. The van der Waals surface area contributed by atoms with Gasteiger partial charge in [0, 0.05) is 32.7 Å². The van der Waals surface area contributed by atoms with Crippen molar-refractivity contribution >= 4 is 17.9 Å². The molecule has 3 amide bonds. The van der Waals surface area contributed by atoms with Gasteiger partial charge in [0.2, 0.25) is 5.91 Å². The first-order valence-electron chi connectivity index (χ1n) is 7.04. The van der Waals surface area contributed by atoms with Gasteiger partial charge in [-0.1, -0.05) is 0 Å². The van der Waals surface area contributed by atoms with Crippen molar-refractivity contribution in [2.75, 3.05) is 26.8 Å². The van der Waals surface area contributed by atoms with Gasteiger partial charge in [0.1, 0.15) is 0 Å². The molecule has 0 radical (unpaired) electrons. The fraction of sp³-hybridized carbons (Fsp3) is 0.769. The average Bonchev–Trinajstić information content (AvgIpc) is 3.22. The van der Waals surface area contributed by atoms with E-state index in [1.807, 2.05) is 0 Å². The number of amides is 3. The maximum atomic E-state index is 11.6. The number of rotatable bonds is 10. The molecule has 0 aromatic rings. The molecule has 0 aliphatic heterocycles. The standard InChI is InChI=1S/C13H23N3O5/c1-21-7-6-14-11(17)4-5-15-13(20)16-10(8-12(18)19)9-2-3-9/h9-10H,2-8H2,1H3,(H,14,17)(H,18,19)(H2,15,16,20). The lowest BCUT2D eigenvalue weighted by Gasteiger charge is -2.16. The van der Waals surface area contributed by atoms with E-state index in [1.165, 1.54) is 0 Å². The Bertz CT molecular complexity index is 371. The highest BCUT2D eigenvalue weighted by molar-refractivity contribution is 5.78. The van der Waals surface area contributed by atoms with Gasteiger partial charge in [-0.15, -0.1) is 0 Å². The van der Waals surface area contributed by atoms with Crippen molar-refractivity contribution in [1.29, 1.82) is 0 Å². The van der Waals surface area contributed by atoms with Gasteiger partial charge < -0.3 is 25.8 Å². The monoisotopic (exact) mass is 301 g/mol. The van der Waals surface area contributed by atoms with Crippen LogP contribution in [0.25, 0.3) is 0 Å². The van der Waals surface area contributed by atoms with Gasteiger partial charge in [0.15, 0.2) is 0 Å². The lowest BCUT2D eigenvalue weighted by molar-refractivity contribution is -0.137. The van der Waals surface area contributed by atoms with Gasteiger partial charge in [-0.05, 0) is 18.8 Å². The maximum Gasteiger partial charge on any atom is 0.315 e. The normalized spacial score (nSPS) is 15.1. The van der Waals surface area contributed by atoms with Gasteiger partial charge in [-0.3, -0.25) is 9.59 Å². The second kappa shape index (κ2) is 9.17. The smallest absolute Gasteiger partial charge is 0.315 e. The highest BCUT2D eigenvalue weighted by Crippen LogP contribution is 2.33. The summed E-state index contributed by atoms with van der Waals surface area (Å²) >= 11 is 0. The lowest BCUT2D eigenvalue weighted by Crippen LogP contribution is -2.45. The third-order valence-electron chi connectivity index (χ3n) is 3.17. The van der Waals surface area contributed by atoms with E-state index in [1.54, 1.807) is 7.11 Å². The van der Waals surface area contributed by atoms with Crippen molar-refractivity contribution in [1.82, 2.24) is 16.0 Å². The van der Waals surface area contributed by atoms with E-state index < -0.39 is 12.0 Å². The molecule has 0 spiro atoms. The van der Waals surface area contributed by atoms with Gasteiger partial charge in [-0.2, -0.15) is 0 Å². The number of nitrogens with one attached hydrogen (secondary N) is 3. The summed E-state index contributed by atoms with van der Waals surface area (Å²) in [5, 5.41) is 16.6. The molecular weight excluding hydrogens is 278 g/mol. The van der Waals surface area contributed by atoms with E-state index in [0.717, 1.165) is 12.8 Å². The number of hydrogen-bond donors (Lipinski definition) is 4. The van der Waals surface area contributed by atoms with Crippen molar-refractivity contribution in [3.8, 4) is 0 Å². The van der Waals surface area contributed by atoms with E-state index in [9.17, 15) is 14.4 Å². The SMILES string of the molecule is COCCNC(=O)CCNC(=O)NC(CC(=O)O)C1CC1. The molecule has 0 saturated heterocycles. The minimum atomic E-state index is -0.926. The van der Waals surface area contributed by atoms with Crippen LogP contribution in [0.5, 0.6) is 0 Å². The second-order valence-electron chi connectivity index (χ2n) is 5.03. The summed E-state index contributed by atoms with van der Waals surface area (Å²) in [6, 6.07) is -0.768. The Morgan fingerprint density at radius 3 is 2.52 bits per heavy atom. The van der Waals surface area contributed by atoms with Crippen LogP contribution in [0, 0.1) is 5.92 Å². The molecule has 8 nitrogen and oxygen atoms in total. The molecule has 0 bridgehead atoms.